The minimum absolute atomic E-state index is 0.234. The molecule has 0 unspecified atom stereocenters. The molecule has 0 bridgehead atoms. The van der Waals surface area contributed by atoms with Crippen molar-refractivity contribution in [3.63, 3.8) is 0 Å². The molecule has 0 spiro atoms. The summed E-state index contributed by atoms with van der Waals surface area (Å²) in [4.78, 5) is 11.2. The number of benzene rings is 1. The first-order valence-electron chi connectivity index (χ1n) is 6.84. The van der Waals surface area contributed by atoms with Crippen molar-refractivity contribution in [2.24, 2.45) is 0 Å². The predicted molar refractivity (Wildman–Crippen MR) is 71.2 cm³/mol. The molecule has 2 aromatic rings. The van der Waals surface area contributed by atoms with Crippen LogP contribution in [0.5, 0.6) is 0 Å². The number of hydrogen-bond donors (Lipinski definition) is 1. The van der Waals surface area contributed by atoms with Crippen LogP contribution in [0.2, 0.25) is 0 Å². The fraction of sp³-hybridized carbons (Fsp3) is 0.500. The highest BCUT2D eigenvalue weighted by Gasteiger charge is 2.20. The molecule has 1 N–H and O–H groups in total. The van der Waals surface area contributed by atoms with Crippen LogP contribution >= 0.6 is 0 Å². The number of fused-ring (bicyclic) bond motifs is 1. The highest BCUT2D eigenvalue weighted by atomic mass is 16.4. The summed E-state index contributed by atoms with van der Waals surface area (Å²) in [5, 5.41) is 17.5. The molecule has 100 valence electrons. The van der Waals surface area contributed by atoms with E-state index in [1.807, 2.05) is 10.7 Å². The van der Waals surface area contributed by atoms with Crippen molar-refractivity contribution in [3.05, 3.63) is 23.8 Å². The van der Waals surface area contributed by atoms with Gasteiger partial charge in [-0.05, 0) is 25.0 Å². The van der Waals surface area contributed by atoms with Gasteiger partial charge in [-0.15, -0.1) is 5.10 Å². The van der Waals surface area contributed by atoms with Crippen LogP contribution in [0, 0.1) is 0 Å². The molecular weight excluding hydrogens is 242 g/mol. The molecule has 1 aliphatic carbocycles. The van der Waals surface area contributed by atoms with E-state index >= 15 is 0 Å². The third-order valence-corrected chi connectivity index (χ3v) is 3.90. The Bertz CT molecular complexity index is 598. The Morgan fingerprint density at radius 3 is 2.63 bits per heavy atom. The molecule has 1 heterocycles. The zero-order chi connectivity index (χ0) is 13.2. The predicted octanol–water partition coefficient (Wildman–Crippen LogP) is 3.02. The van der Waals surface area contributed by atoms with Gasteiger partial charge in [0, 0.05) is 0 Å². The summed E-state index contributed by atoms with van der Waals surface area (Å²) in [6.45, 7) is 0. The summed E-state index contributed by atoms with van der Waals surface area (Å²) in [5.41, 5.74) is 1.57. The molecule has 5 heteroatoms. The maximum Gasteiger partial charge on any atom is 0.338 e. The van der Waals surface area contributed by atoms with Crippen molar-refractivity contribution in [3.8, 4) is 0 Å². The number of carboxylic acids is 1. The Labute approximate surface area is 111 Å². The molecule has 0 aliphatic heterocycles. The van der Waals surface area contributed by atoms with Crippen molar-refractivity contribution in [2.75, 3.05) is 0 Å². The molecule has 1 fully saturated rings. The lowest BCUT2D eigenvalue weighted by Crippen LogP contribution is -2.09. The van der Waals surface area contributed by atoms with Crippen molar-refractivity contribution in [1.29, 1.82) is 0 Å². The summed E-state index contributed by atoms with van der Waals surface area (Å²) in [5.74, 6) is -0.946. The van der Waals surface area contributed by atoms with Gasteiger partial charge in [0.2, 0.25) is 0 Å². The molecule has 5 nitrogen and oxygen atoms in total. The van der Waals surface area contributed by atoms with Gasteiger partial charge in [-0.2, -0.15) is 0 Å². The second-order valence-corrected chi connectivity index (χ2v) is 5.16. The van der Waals surface area contributed by atoms with E-state index in [2.05, 4.69) is 10.3 Å². The first-order valence-corrected chi connectivity index (χ1v) is 6.84. The van der Waals surface area contributed by atoms with E-state index in [0.29, 0.717) is 11.6 Å². The van der Waals surface area contributed by atoms with Crippen LogP contribution in [0.4, 0.5) is 0 Å². The van der Waals surface area contributed by atoms with Crippen molar-refractivity contribution in [2.45, 2.75) is 44.6 Å². The molecule has 0 radical (unpaired) electrons. The summed E-state index contributed by atoms with van der Waals surface area (Å²) in [6, 6.07) is 5.61. The molecule has 0 amide bonds. The van der Waals surface area contributed by atoms with Crippen LogP contribution in [0.3, 0.4) is 0 Å². The van der Waals surface area contributed by atoms with E-state index in [1.54, 1.807) is 12.1 Å². The van der Waals surface area contributed by atoms with Gasteiger partial charge in [-0.1, -0.05) is 37.0 Å². The lowest BCUT2D eigenvalue weighted by Gasteiger charge is -2.14. The summed E-state index contributed by atoms with van der Waals surface area (Å²) in [7, 11) is 0. The maximum atomic E-state index is 11.2. The van der Waals surface area contributed by atoms with Crippen molar-refractivity contribution < 1.29 is 9.90 Å². The van der Waals surface area contributed by atoms with Gasteiger partial charge in [-0.3, -0.25) is 0 Å². The smallest absolute Gasteiger partial charge is 0.338 e. The molecule has 1 aliphatic rings. The molecule has 1 aromatic heterocycles. The Kier molecular flexibility index (Phi) is 3.19. The van der Waals surface area contributed by atoms with E-state index in [0.717, 1.165) is 18.4 Å². The number of nitrogens with zero attached hydrogens (tertiary/aromatic N) is 3. The lowest BCUT2D eigenvalue weighted by molar-refractivity contribution is 0.0699. The van der Waals surface area contributed by atoms with Gasteiger partial charge >= 0.3 is 5.97 Å². The van der Waals surface area contributed by atoms with E-state index < -0.39 is 5.97 Å². The van der Waals surface area contributed by atoms with Gasteiger partial charge in [0.05, 0.1) is 17.1 Å². The van der Waals surface area contributed by atoms with Crippen molar-refractivity contribution in [1.82, 2.24) is 15.0 Å². The minimum atomic E-state index is -0.946. The van der Waals surface area contributed by atoms with E-state index in [4.69, 9.17) is 0 Å². The van der Waals surface area contributed by atoms with Crippen LogP contribution in [-0.4, -0.2) is 26.1 Å². The van der Waals surface area contributed by atoms with E-state index in [1.165, 1.54) is 25.7 Å². The fourth-order valence-corrected chi connectivity index (χ4v) is 2.91. The number of rotatable bonds is 2. The third kappa shape index (κ3) is 2.20. The number of carboxylic acid groups (broad SMARTS) is 1. The average molecular weight is 259 g/mol. The zero-order valence-electron chi connectivity index (χ0n) is 10.7. The zero-order valence-corrected chi connectivity index (χ0v) is 10.7. The van der Waals surface area contributed by atoms with E-state index in [-0.39, 0.29) is 5.56 Å². The molecule has 0 saturated heterocycles. The Balaban J connectivity index is 2.05. The standard InChI is InChI=1S/C14H17N3O2/c18-14(19)11-8-5-9-12-13(11)15-16-17(12)10-6-3-1-2-4-7-10/h5,8-10H,1-4,6-7H2,(H,18,19). The first-order chi connectivity index (χ1) is 9.27. The Morgan fingerprint density at radius 1 is 1.21 bits per heavy atom. The topological polar surface area (TPSA) is 68.0 Å². The minimum Gasteiger partial charge on any atom is -0.478 e. The first kappa shape index (κ1) is 12.1. The van der Waals surface area contributed by atoms with Gasteiger partial charge in [0.15, 0.2) is 0 Å². The second kappa shape index (κ2) is 4.99. The molecular formula is C14H17N3O2. The monoisotopic (exact) mass is 259 g/mol. The van der Waals surface area contributed by atoms with Crippen LogP contribution < -0.4 is 0 Å². The maximum absolute atomic E-state index is 11.2. The quantitative estimate of drug-likeness (QED) is 0.842. The highest BCUT2D eigenvalue weighted by Crippen LogP contribution is 2.29. The molecule has 19 heavy (non-hydrogen) atoms. The molecule has 1 aromatic carbocycles. The molecule has 1 saturated carbocycles. The number of aromatic carboxylic acids is 1. The van der Waals surface area contributed by atoms with Gasteiger partial charge in [-0.25, -0.2) is 9.48 Å². The van der Waals surface area contributed by atoms with Crippen LogP contribution in [-0.2, 0) is 0 Å². The van der Waals surface area contributed by atoms with E-state index in [9.17, 15) is 9.90 Å². The average Bonchev–Trinajstić information content (AvgIpc) is 2.66. The molecule has 3 rings (SSSR count). The normalized spacial score (nSPS) is 17.5. The summed E-state index contributed by atoms with van der Waals surface area (Å²) in [6.07, 6.45) is 7.20. The van der Waals surface area contributed by atoms with Gasteiger partial charge in [0.1, 0.15) is 5.52 Å². The van der Waals surface area contributed by atoms with Crippen LogP contribution in [0.1, 0.15) is 54.9 Å². The third-order valence-electron chi connectivity index (χ3n) is 3.90. The summed E-state index contributed by atoms with van der Waals surface area (Å²) >= 11 is 0. The van der Waals surface area contributed by atoms with Gasteiger partial charge in [0.25, 0.3) is 0 Å². The highest BCUT2D eigenvalue weighted by molar-refractivity contribution is 6.00. The van der Waals surface area contributed by atoms with Crippen LogP contribution in [0.15, 0.2) is 18.2 Å². The Hall–Kier alpha value is -1.91. The SMILES string of the molecule is O=C(O)c1cccc2c1nnn2C1CCCCCC1. The van der Waals surface area contributed by atoms with Gasteiger partial charge < -0.3 is 5.11 Å². The number of hydrogen-bond acceptors (Lipinski definition) is 3. The largest absolute Gasteiger partial charge is 0.478 e. The van der Waals surface area contributed by atoms with Crippen LogP contribution in [0.25, 0.3) is 11.0 Å². The fourth-order valence-electron chi connectivity index (χ4n) is 2.91. The Morgan fingerprint density at radius 2 is 1.95 bits per heavy atom. The number of aromatic nitrogens is 3. The summed E-state index contributed by atoms with van der Waals surface area (Å²) < 4.78 is 1.92. The second-order valence-electron chi connectivity index (χ2n) is 5.16. The lowest BCUT2D eigenvalue weighted by atomic mass is 10.1. The molecule has 0 atom stereocenters. The number of carbonyl (C=O) groups is 1. The van der Waals surface area contributed by atoms with Crippen molar-refractivity contribution >= 4 is 17.0 Å².